The summed E-state index contributed by atoms with van der Waals surface area (Å²) in [5.74, 6) is -1.82. The fourth-order valence-corrected chi connectivity index (χ4v) is 2.04. The standard InChI is InChI=1S/C12H16F3NO4/c13-12(14,15)7-20-9-3-1-2-8(6-9)16-10(17)4-5-11(18)19/h4-5,8-9H,1-3,6-7H2,(H,16,17)(H,18,19)/b5-4+. The van der Waals surface area contributed by atoms with Crippen molar-refractivity contribution in [2.45, 2.75) is 44.0 Å². The molecule has 1 aliphatic carbocycles. The summed E-state index contributed by atoms with van der Waals surface area (Å²) in [4.78, 5) is 21.6. The number of rotatable bonds is 5. The van der Waals surface area contributed by atoms with Gasteiger partial charge in [-0.15, -0.1) is 0 Å². The lowest BCUT2D eigenvalue weighted by atomic mass is 9.93. The van der Waals surface area contributed by atoms with E-state index in [1.54, 1.807) is 0 Å². The molecule has 1 rings (SSSR count). The predicted molar refractivity (Wildman–Crippen MR) is 63.0 cm³/mol. The van der Waals surface area contributed by atoms with Crippen LogP contribution < -0.4 is 5.32 Å². The number of carboxylic acids is 1. The molecule has 1 saturated carbocycles. The van der Waals surface area contributed by atoms with Gasteiger partial charge in [0.05, 0.1) is 6.10 Å². The van der Waals surface area contributed by atoms with Crippen LogP contribution in [0.4, 0.5) is 13.2 Å². The van der Waals surface area contributed by atoms with Crippen LogP contribution in [-0.2, 0) is 14.3 Å². The van der Waals surface area contributed by atoms with Crippen LogP contribution in [0.5, 0.6) is 0 Å². The second-order valence-corrected chi connectivity index (χ2v) is 4.59. The Balaban J connectivity index is 2.37. The highest BCUT2D eigenvalue weighted by Crippen LogP contribution is 2.24. The Morgan fingerprint density at radius 1 is 1.30 bits per heavy atom. The topological polar surface area (TPSA) is 75.6 Å². The largest absolute Gasteiger partial charge is 0.478 e. The second kappa shape index (κ2) is 7.28. The minimum atomic E-state index is -4.36. The molecule has 1 amide bonds. The molecule has 0 saturated heterocycles. The van der Waals surface area contributed by atoms with Crippen molar-refractivity contribution in [2.75, 3.05) is 6.61 Å². The van der Waals surface area contributed by atoms with Crippen molar-refractivity contribution >= 4 is 11.9 Å². The number of aliphatic carboxylic acids is 1. The summed E-state index contributed by atoms with van der Waals surface area (Å²) in [5, 5.41) is 10.9. The quantitative estimate of drug-likeness (QED) is 0.756. The average molecular weight is 295 g/mol. The normalized spacial score (nSPS) is 23.8. The van der Waals surface area contributed by atoms with E-state index in [-0.39, 0.29) is 6.04 Å². The van der Waals surface area contributed by atoms with Crippen molar-refractivity contribution in [3.05, 3.63) is 12.2 Å². The van der Waals surface area contributed by atoms with Crippen LogP contribution in [0, 0.1) is 0 Å². The highest BCUT2D eigenvalue weighted by Gasteiger charge is 2.31. The smallest absolute Gasteiger partial charge is 0.411 e. The molecule has 0 aliphatic heterocycles. The van der Waals surface area contributed by atoms with Gasteiger partial charge in [0.15, 0.2) is 0 Å². The van der Waals surface area contributed by atoms with Crippen LogP contribution in [0.25, 0.3) is 0 Å². The van der Waals surface area contributed by atoms with Gasteiger partial charge in [-0.05, 0) is 25.7 Å². The minimum Gasteiger partial charge on any atom is -0.478 e. The zero-order valence-corrected chi connectivity index (χ0v) is 10.7. The molecular weight excluding hydrogens is 279 g/mol. The molecule has 1 aliphatic rings. The third-order valence-corrected chi connectivity index (χ3v) is 2.83. The van der Waals surface area contributed by atoms with Crippen molar-refractivity contribution in [1.29, 1.82) is 0 Å². The number of halogens is 3. The van der Waals surface area contributed by atoms with E-state index in [4.69, 9.17) is 9.84 Å². The monoisotopic (exact) mass is 295 g/mol. The maximum Gasteiger partial charge on any atom is 0.411 e. The van der Waals surface area contributed by atoms with Gasteiger partial charge in [-0.25, -0.2) is 4.79 Å². The molecule has 0 aromatic heterocycles. The number of carbonyl (C=O) groups excluding carboxylic acids is 1. The van der Waals surface area contributed by atoms with Gasteiger partial charge >= 0.3 is 12.1 Å². The third kappa shape index (κ3) is 7.13. The van der Waals surface area contributed by atoms with E-state index in [1.807, 2.05) is 0 Å². The number of nitrogens with one attached hydrogen (secondary N) is 1. The van der Waals surface area contributed by atoms with Crippen molar-refractivity contribution in [2.24, 2.45) is 0 Å². The van der Waals surface area contributed by atoms with Gasteiger partial charge in [0.1, 0.15) is 6.61 Å². The van der Waals surface area contributed by atoms with Crippen LogP contribution >= 0.6 is 0 Å². The molecule has 0 spiro atoms. The van der Waals surface area contributed by atoms with E-state index >= 15 is 0 Å². The van der Waals surface area contributed by atoms with Crippen LogP contribution in [0.1, 0.15) is 25.7 Å². The molecule has 0 aromatic carbocycles. The number of hydrogen-bond donors (Lipinski definition) is 2. The molecule has 2 unspecified atom stereocenters. The van der Waals surface area contributed by atoms with Crippen molar-refractivity contribution in [1.82, 2.24) is 5.32 Å². The highest BCUT2D eigenvalue weighted by atomic mass is 19.4. The number of hydrogen-bond acceptors (Lipinski definition) is 3. The summed E-state index contributed by atoms with van der Waals surface area (Å²) < 4.78 is 40.9. The second-order valence-electron chi connectivity index (χ2n) is 4.59. The molecule has 114 valence electrons. The van der Waals surface area contributed by atoms with Gasteiger partial charge in [-0.2, -0.15) is 13.2 Å². The summed E-state index contributed by atoms with van der Waals surface area (Å²) >= 11 is 0. The zero-order chi connectivity index (χ0) is 15.2. The Labute approximate surface area is 113 Å². The molecule has 2 N–H and O–H groups in total. The summed E-state index contributed by atoms with van der Waals surface area (Å²) in [6.07, 6.45) is -1.22. The number of amides is 1. The van der Waals surface area contributed by atoms with Crippen molar-refractivity contribution in [3.63, 3.8) is 0 Å². The Morgan fingerprint density at radius 3 is 2.60 bits per heavy atom. The van der Waals surface area contributed by atoms with E-state index in [9.17, 15) is 22.8 Å². The molecule has 0 radical (unpaired) electrons. The summed E-state index contributed by atoms with van der Waals surface area (Å²) in [7, 11) is 0. The predicted octanol–water partition coefficient (Wildman–Crippen LogP) is 1.63. The van der Waals surface area contributed by atoms with Gasteiger partial charge in [-0.1, -0.05) is 0 Å². The van der Waals surface area contributed by atoms with E-state index in [0.717, 1.165) is 6.08 Å². The van der Waals surface area contributed by atoms with Crippen LogP contribution in [-0.4, -0.2) is 41.9 Å². The molecule has 0 bridgehead atoms. The average Bonchev–Trinajstić information content (AvgIpc) is 2.34. The van der Waals surface area contributed by atoms with Gasteiger partial charge in [-0.3, -0.25) is 4.79 Å². The van der Waals surface area contributed by atoms with Gasteiger partial charge < -0.3 is 15.2 Å². The highest BCUT2D eigenvalue weighted by molar-refractivity contribution is 5.93. The molecule has 8 heteroatoms. The molecular formula is C12H16F3NO4. The van der Waals surface area contributed by atoms with Gasteiger partial charge in [0.2, 0.25) is 5.91 Å². The third-order valence-electron chi connectivity index (χ3n) is 2.83. The van der Waals surface area contributed by atoms with Crippen LogP contribution in [0.15, 0.2) is 12.2 Å². The molecule has 5 nitrogen and oxygen atoms in total. The van der Waals surface area contributed by atoms with E-state index in [1.165, 1.54) is 0 Å². The lowest BCUT2D eigenvalue weighted by Gasteiger charge is -2.29. The Bertz CT molecular complexity index is 381. The first-order valence-electron chi connectivity index (χ1n) is 6.16. The molecule has 1 fully saturated rings. The first-order valence-corrected chi connectivity index (χ1v) is 6.16. The Morgan fingerprint density at radius 2 is 2.00 bits per heavy atom. The fourth-order valence-electron chi connectivity index (χ4n) is 2.04. The van der Waals surface area contributed by atoms with E-state index in [0.29, 0.717) is 31.8 Å². The minimum absolute atomic E-state index is 0.294. The van der Waals surface area contributed by atoms with Gasteiger partial charge in [0, 0.05) is 18.2 Å². The number of carboxylic acid groups (broad SMARTS) is 1. The summed E-state index contributed by atoms with van der Waals surface area (Å²) in [5.41, 5.74) is 0. The van der Waals surface area contributed by atoms with Crippen molar-refractivity contribution < 1.29 is 32.6 Å². The fraction of sp³-hybridized carbons (Fsp3) is 0.667. The summed E-state index contributed by atoms with van der Waals surface area (Å²) in [6.45, 7) is -1.29. The molecule has 0 heterocycles. The van der Waals surface area contributed by atoms with E-state index in [2.05, 4.69) is 5.32 Å². The molecule has 2 atom stereocenters. The maximum absolute atomic E-state index is 12.0. The Hall–Kier alpha value is -1.57. The van der Waals surface area contributed by atoms with Gasteiger partial charge in [0.25, 0.3) is 0 Å². The maximum atomic E-state index is 12.0. The zero-order valence-electron chi connectivity index (χ0n) is 10.7. The number of ether oxygens (including phenoxy) is 1. The van der Waals surface area contributed by atoms with E-state index < -0.39 is 30.8 Å². The molecule has 0 aromatic rings. The van der Waals surface area contributed by atoms with Crippen LogP contribution in [0.2, 0.25) is 0 Å². The van der Waals surface area contributed by atoms with Crippen molar-refractivity contribution in [3.8, 4) is 0 Å². The Kier molecular flexibility index (Phi) is 6.00. The SMILES string of the molecule is O=C(O)/C=C/C(=O)NC1CCCC(OCC(F)(F)F)C1. The van der Waals surface area contributed by atoms with Crippen LogP contribution in [0.3, 0.4) is 0 Å². The lowest BCUT2D eigenvalue weighted by Crippen LogP contribution is -2.40. The number of alkyl halides is 3. The first kappa shape index (κ1) is 16.5. The number of carbonyl (C=O) groups is 2. The first-order chi connectivity index (χ1) is 9.26. The lowest BCUT2D eigenvalue weighted by molar-refractivity contribution is -0.188. The summed E-state index contributed by atoms with van der Waals surface area (Å²) in [6, 6.07) is -0.298. The molecule has 20 heavy (non-hydrogen) atoms.